The first-order valence-corrected chi connectivity index (χ1v) is 5.05. The smallest absolute Gasteiger partial charge is 0.367 e. The van der Waals surface area contributed by atoms with Crippen molar-refractivity contribution in [2.75, 3.05) is 0 Å². The molecular weight excluding hydrogens is 247 g/mol. The second kappa shape index (κ2) is 5.59. The van der Waals surface area contributed by atoms with Gasteiger partial charge in [-0.15, -0.1) is 0 Å². The van der Waals surface area contributed by atoms with Gasteiger partial charge in [0.05, 0.1) is 12.8 Å². The Morgan fingerprint density at radius 3 is 2.00 bits per heavy atom. The fourth-order valence-electron chi connectivity index (χ4n) is 0.836. The summed E-state index contributed by atoms with van der Waals surface area (Å²) in [5.74, 6) is -5.06. The van der Waals surface area contributed by atoms with Crippen molar-refractivity contribution in [3.05, 3.63) is 0 Å². The predicted molar refractivity (Wildman–Crippen MR) is 46.8 cm³/mol. The highest BCUT2D eigenvalue weighted by Crippen LogP contribution is 2.22. The van der Waals surface area contributed by atoms with Crippen LogP contribution in [0.15, 0.2) is 0 Å². The fourth-order valence-corrected chi connectivity index (χ4v) is 1.10. The zero-order valence-electron chi connectivity index (χ0n) is 7.74. The third-order valence-electron chi connectivity index (χ3n) is 1.48. The lowest BCUT2D eigenvalue weighted by molar-refractivity contribution is -0.169. The van der Waals surface area contributed by atoms with Gasteiger partial charge in [-0.3, -0.25) is 9.59 Å². The first-order chi connectivity index (χ1) is 7.17. The minimum Gasteiger partial charge on any atom is -0.481 e. The summed E-state index contributed by atoms with van der Waals surface area (Å²) >= 11 is 0. The van der Waals surface area contributed by atoms with Crippen molar-refractivity contribution in [2.45, 2.75) is 18.4 Å². The Labute approximate surface area is 89.2 Å². The van der Waals surface area contributed by atoms with Crippen LogP contribution in [0.5, 0.6) is 0 Å². The molecule has 10 heteroatoms. The Morgan fingerprint density at radius 1 is 1.19 bits per heavy atom. The number of carbonyl (C=O) groups excluding carboxylic acids is 1. The summed E-state index contributed by atoms with van der Waals surface area (Å²) < 4.78 is 13.8. The Kier molecular flexibility index (Phi) is 5.09. The van der Waals surface area contributed by atoms with Crippen molar-refractivity contribution < 1.29 is 43.7 Å². The number of carbonyl (C=O) groups is 3. The molecule has 16 heavy (non-hydrogen) atoms. The minimum absolute atomic E-state index is 1.23. The second-order valence-corrected chi connectivity index (χ2v) is 3.56. The zero-order chi connectivity index (χ0) is 12.9. The van der Waals surface area contributed by atoms with Gasteiger partial charge in [-0.2, -0.15) is 0 Å². The molecule has 0 aromatic rings. The van der Waals surface area contributed by atoms with Gasteiger partial charge >= 0.3 is 26.2 Å². The van der Waals surface area contributed by atoms with Crippen molar-refractivity contribution >= 4 is 26.2 Å². The van der Waals surface area contributed by atoms with E-state index in [2.05, 4.69) is 4.52 Å². The molecule has 92 valence electrons. The Bertz CT molecular complexity index is 337. The molecule has 0 aromatic heterocycles. The summed E-state index contributed by atoms with van der Waals surface area (Å²) in [5.41, 5.74) is -2.86. The van der Waals surface area contributed by atoms with Crippen LogP contribution in [0, 0.1) is 0 Å². The van der Waals surface area contributed by atoms with E-state index in [1.54, 1.807) is 0 Å². The second-order valence-electron chi connectivity index (χ2n) is 2.82. The van der Waals surface area contributed by atoms with Crippen molar-refractivity contribution in [1.82, 2.24) is 0 Å². The van der Waals surface area contributed by atoms with Crippen LogP contribution in [0.2, 0.25) is 0 Å². The maximum atomic E-state index is 10.8. The van der Waals surface area contributed by atoms with Crippen molar-refractivity contribution in [3.63, 3.8) is 0 Å². The Morgan fingerprint density at radius 2 is 1.69 bits per heavy atom. The summed E-state index contributed by atoms with van der Waals surface area (Å²) in [4.78, 5) is 39.7. The average Bonchev–Trinajstić information content (AvgIpc) is 1.98. The molecule has 0 aliphatic heterocycles. The first-order valence-electron chi connectivity index (χ1n) is 3.78. The quantitative estimate of drug-likeness (QED) is 0.419. The number of hydrogen-bond acceptors (Lipinski definition) is 6. The summed E-state index contributed by atoms with van der Waals surface area (Å²) in [6.07, 6.45) is -2.46. The van der Waals surface area contributed by atoms with Crippen molar-refractivity contribution in [2.24, 2.45) is 0 Å². The third-order valence-corrected chi connectivity index (χ3v) is 1.88. The molecule has 0 aliphatic carbocycles. The van der Waals surface area contributed by atoms with Gasteiger partial charge in [0.1, 0.15) is 0 Å². The molecule has 2 atom stereocenters. The van der Waals surface area contributed by atoms with Crippen molar-refractivity contribution in [1.29, 1.82) is 0 Å². The van der Waals surface area contributed by atoms with Crippen LogP contribution in [-0.4, -0.2) is 43.7 Å². The predicted octanol–water partition coefficient (Wildman–Crippen LogP) is -1.41. The van der Waals surface area contributed by atoms with E-state index in [4.69, 9.17) is 15.1 Å². The average molecular weight is 256 g/mol. The topological polar surface area (TPSA) is 158 Å². The summed E-state index contributed by atoms with van der Waals surface area (Å²) in [6.45, 7) is 0. The van der Waals surface area contributed by atoms with Gasteiger partial charge in [0, 0.05) is 0 Å². The van der Waals surface area contributed by atoms with E-state index in [0.717, 1.165) is 0 Å². The molecule has 0 bridgehead atoms. The highest BCUT2D eigenvalue weighted by atomic mass is 31.1. The molecule has 9 nitrogen and oxygen atoms in total. The standard InChI is InChI=1S/C6H9O9P/c7-3(8)1-6(12,5(10)11)2-4(9)15-16(13)14/h12,16H,1-2H2,(H,7,8)(H,10,11)(H,13,14). The number of carboxylic acids is 2. The van der Waals surface area contributed by atoms with Crippen LogP contribution in [-0.2, 0) is 23.5 Å². The molecule has 2 unspecified atom stereocenters. The maximum Gasteiger partial charge on any atom is 0.367 e. The number of aliphatic carboxylic acids is 2. The van der Waals surface area contributed by atoms with E-state index in [-0.39, 0.29) is 0 Å². The number of rotatable bonds is 6. The van der Waals surface area contributed by atoms with Crippen LogP contribution in [0.25, 0.3) is 0 Å². The van der Waals surface area contributed by atoms with Crippen LogP contribution in [0.3, 0.4) is 0 Å². The summed E-state index contributed by atoms with van der Waals surface area (Å²) in [6, 6.07) is 0. The summed E-state index contributed by atoms with van der Waals surface area (Å²) in [7, 11) is -3.61. The van der Waals surface area contributed by atoms with Gasteiger partial charge in [0.25, 0.3) is 0 Å². The van der Waals surface area contributed by atoms with Crippen molar-refractivity contribution in [3.8, 4) is 0 Å². The van der Waals surface area contributed by atoms with Crippen LogP contribution >= 0.6 is 8.25 Å². The molecular formula is C6H9O9P. The number of hydrogen-bond donors (Lipinski definition) is 4. The Hall–Kier alpha value is -1.44. The largest absolute Gasteiger partial charge is 0.481 e. The summed E-state index contributed by atoms with van der Waals surface area (Å²) in [5, 5.41) is 26.1. The molecule has 0 saturated heterocycles. The highest BCUT2D eigenvalue weighted by Gasteiger charge is 2.41. The molecule has 0 fully saturated rings. The van der Waals surface area contributed by atoms with Gasteiger partial charge in [-0.25, -0.2) is 9.36 Å². The van der Waals surface area contributed by atoms with Crippen LogP contribution in [0.1, 0.15) is 12.8 Å². The van der Waals surface area contributed by atoms with E-state index in [1.165, 1.54) is 0 Å². The minimum atomic E-state index is -3.61. The molecule has 0 spiro atoms. The maximum absolute atomic E-state index is 10.8. The van der Waals surface area contributed by atoms with E-state index in [0.29, 0.717) is 0 Å². The molecule has 0 radical (unpaired) electrons. The third kappa shape index (κ3) is 4.87. The molecule has 0 heterocycles. The van der Waals surface area contributed by atoms with E-state index >= 15 is 0 Å². The van der Waals surface area contributed by atoms with Gasteiger partial charge in [-0.05, 0) is 0 Å². The lowest BCUT2D eigenvalue weighted by atomic mass is 9.96. The number of carboxylic acid groups (broad SMARTS) is 2. The SMILES string of the molecule is O=C(O)CC(O)(CC(=O)O[PH](=O)O)C(=O)O. The molecule has 0 aromatic carbocycles. The van der Waals surface area contributed by atoms with Gasteiger partial charge in [0.2, 0.25) is 0 Å². The lowest BCUT2D eigenvalue weighted by Gasteiger charge is -2.19. The number of aliphatic hydroxyl groups is 1. The van der Waals surface area contributed by atoms with Gasteiger partial charge in [-0.1, -0.05) is 0 Å². The Balaban J connectivity index is 4.68. The molecule has 4 N–H and O–H groups in total. The lowest BCUT2D eigenvalue weighted by Crippen LogP contribution is -2.42. The normalized spacial score (nSPS) is 15.9. The van der Waals surface area contributed by atoms with Gasteiger partial charge in [0.15, 0.2) is 5.60 Å². The van der Waals surface area contributed by atoms with Crippen LogP contribution < -0.4 is 0 Å². The molecule has 0 saturated carbocycles. The molecule has 0 aliphatic rings. The monoisotopic (exact) mass is 256 g/mol. The van der Waals surface area contributed by atoms with Gasteiger partial charge < -0.3 is 24.7 Å². The zero-order valence-corrected chi connectivity index (χ0v) is 8.74. The van der Waals surface area contributed by atoms with Crippen LogP contribution in [0.4, 0.5) is 0 Å². The first kappa shape index (κ1) is 14.6. The van der Waals surface area contributed by atoms with E-state index in [1.807, 2.05) is 0 Å². The fraction of sp³-hybridized carbons (Fsp3) is 0.500. The molecule has 0 rings (SSSR count). The molecule has 0 amide bonds. The van der Waals surface area contributed by atoms with E-state index in [9.17, 15) is 24.1 Å². The highest BCUT2D eigenvalue weighted by molar-refractivity contribution is 7.32. The van der Waals surface area contributed by atoms with E-state index < -0.39 is 44.6 Å².